The number of amides is 1. The fraction of sp³-hybridized carbons (Fsp3) is 0.391. The molecule has 2 aliphatic rings. The van der Waals surface area contributed by atoms with Crippen molar-refractivity contribution in [1.29, 1.82) is 0 Å². The van der Waals surface area contributed by atoms with Crippen LogP contribution in [-0.2, 0) is 19.7 Å². The summed E-state index contributed by atoms with van der Waals surface area (Å²) in [6.45, 7) is 3.04. The number of nitrogens with one attached hydrogen (secondary N) is 1. The van der Waals surface area contributed by atoms with Crippen molar-refractivity contribution in [3.05, 3.63) is 41.8 Å². The van der Waals surface area contributed by atoms with Crippen LogP contribution < -0.4 is 20.1 Å². The van der Waals surface area contributed by atoms with Gasteiger partial charge in [0.15, 0.2) is 17.9 Å². The molecule has 0 fully saturated rings. The average molecular weight is 506 g/mol. The molecule has 3 rings (SSSR count). The number of rotatable bonds is 11. The normalized spacial score (nSPS) is 12.5. The van der Waals surface area contributed by atoms with E-state index in [1.807, 2.05) is 59.8 Å². The monoisotopic (exact) mass is 505 g/mol. The number of carboxylic acids is 1. The molecule has 1 aliphatic heterocycles. The largest absolute Gasteiger partial charge is 0.480 e. The van der Waals surface area contributed by atoms with E-state index >= 15 is 0 Å². The first kappa shape index (κ1) is 26.1. The Kier molecular flexibility index (Phi) is 8.41. The van der Waals surface area contributed by atoms with Crippen LogP contribution in [-0.4, -0.2) is 73.9 Å². The van der Waals surface area contributed by atoms with E-state index in [-0.39, 0.29) is 18.1 Å². The summed E-state index contributed by atoms with van der Waals surface area (Å²) in [4.78, 5) is 29.0. The first-order chi connectivity index (χ1) is 16.6. The number of hydrogen-bond donors (Lipinski definition) is 3. The Morgan fingerprint density at radius 1 is 1.20 bits per heavy atom. The number of nitrogens with zero attached hydrogens (tertiary/aromatic N) is 3. The summed E-state index contributed by atoms with van der Waals surface area (Å²) in [6.07, 6.45) is 0.435. The van der Waals surface area contributed by atoms with Gasteiger partial charge in [-0.05, 0) is 31.5 Å². The second-order valence-corrected chi connectivity index (χ2v) is 9.65. The van der Waals surface area contributed by atoms with Gasteiger partial charge in [-0.25, -0.2) is 9.56 Å². The number of carbonyl (C=O) groups excluding carboxylic acids is 1. The van der Waals surface area contributed by atoms with Crippen molar-refractivity contribution in [2.45, 2.75) is 19.8 Å². The van der Waals surface area contributed by atoms with E-state index in [0.717, 1.165) is 11.0 Å². The summed E-state index contributed by atoms with van der Waals surface area (Å²) in [5.74, 6) is -1.18. The summed E-state index contributed by atoms with van der Waals surface area (Å²) in [6, 6.07) is 11.1. The van der Waals surface area contributed by atoms with Crippen molar-refractivity contribution in [3.63, 3.8) is 0 Å². The van der Waals surface area contributed by atoms with Gasteiger partial charge in [0.1, 0.15) is 24.8 Å². The van der Waals surface area contributed by atoms with Gasteiger partial charge < -0.3 is 19.7 Å². The van der Waals surface area contributed by atoms with Gasteiger partial charge in [0.25, 0.3) is 10.1 Å². The minimum absolute atomic E-state index is 0.142. The Morgan fingerprint density at radius 2 is 1.97 bits per heavy atom. The lowest BCUT2D eigenvalue weighted by molar-refractivity contribution is -0.137. The molecule has 0 unspecified atom stereocenters. The Hall–Kier alpha value is -3.51. The third kappa shape index (κ3) is 7.49. The van der Waals surface area contributed by atoms with Gasteiger partial charge in [-0.15, -0.1) is 0 Å². The van der Waals surface area contributed by atoms with Crippen LogP contribution in [0.4, 0.5) is 5.69 Å². The minimum atomic E-state index is -4.00. The van der Waals surface area contributed by atoms with E-state index in [9.17, 15) is 18.0 Å². The zero-order chi connectivity index (χ0) is 25.6. The summed E-state index contributed by atoms with van der Waals surface area (Å²) >= 11 is 0. The fourth-order valence-corrected chi connectivity index (χ4v) is 4.10. The van der Waals surface area contributed by atoms with Gasteiger partial charge in [0, 0.05) is 30.9 Å². The standard InChI is InChI=1S/C23H28N4O7S/c1-3-27(10-4-12-35(31,32)33)17-6-8-19-21(14-17)34-20-13-16(5-7-18(20)25-19)26(2)11-9-22(28)24-15-23(29)30/h5-8,13-14H,3-4,9-12,15H2,1-2H3,(H2-,24,28,29,30,31,32,33)/p+1. The van der Waals surface area contributed by atoms with Crippen LogP contribution in [0.1, 0.15) is 19.8 Å². The second kappa shape index (κ2) is 11.3. The molecule has 1 amide bonds. The summed E-state index contributed by atoms with van der Waals surface area (Å²) in [7, 11) is -2.18. The molecular weight excluding hydrogens is 476 g/mol. The van der Waals surface area contributed by atoms with E-state index in [1.165, 1.54) is 0 Å². The Morgan fingerprint density at radius 3 is 2.66 bits per heavy atom. The summed E-state index contributed by atoms with van der Waals surface area (Å²) < 4.78 is 39.0. The number of fused-ring (bicyclic) bond motifs is 2. The quantitative estimate of drug-likeness (QED) is 0.197. The number of benzene rings is 2. The van der Waals surface area contributed by atoms with Gasteiger partial charge in [-0.3, -0.25) is 14.1 Å². The molecule has 0 bridgehead atoms. The van der Waals surface area contributed by atoms with Crippen LogP contribution in [0.3, 0.4) is 0 Å². The van der Waals surface area contributed by atoms with Gasteiger partial charge in [0.05, 0.1) is 18.2 Å². The molecule has 188 valence electrons. The number of hydrogen-bond acceptors (Lipinski definition) is 7. The first-order valence-electron chi connectivity index (χ1n) is 11.1. The van der Waals surface area contributed by atoms with Crippen molar-refractivity contribution >= 4 is 38.8 Å². The molecule has 3 N–H and O–H groups in total. The minimum Gasteiger partial charge on any atom is -0.480 e. The van der Waals surface area contributed by atoms with E-state index in [4.69, 9.17) is 14.1 Å². The van der Waals surface area contributed by atoms with Crippen molar-refractivity contribution in [3.8, 4) is 11.5 Å². The van der Waals surface area contributed by atoms with Crippen molar-refractivity contribution in [2.24, 2.45) is 0 Å². The van der Waals surface area contributed by atoms with Crippen LogP contribution in [0.5, 0.6) is 0 Å². The lowest BCUT2D eigenvalue weighted by Gasteiger charge is -2.23. The SMILES string of the molecule is CCN(CCCS(=O)(=O)O)c1ccc2nc3ccc(=[N+](C)CCC(=O)NCC(=O)O)cc-3oc2c1. The maximum atomic E-state index is 11.8. The van der Waals surface area contributed by atoms with E-state index in [0.29, 0.717) is 48.6 Å². The second-order valence-electron chi connectivity index (χ2n) is 8.08. The first-order valence-corrected chi connectivity index (χ1v) is 12.7. The number of anilines is 1. The molecule has 0 atom stereocenters. The highest BCUT2D eigenvalue weighted by Crippen LogP contribution is 2.27. The molecule has 0 aromatic heterocycles. The molecule has 1 heterocycles. The molecule has 1 aromatic rings. The highest BCUT2D eigenvalue weighted by atomic mass is 32.2. The number of carbonyl (C=O) groups is 2. The van der Waals surface area contributed by atoms with E-state index < -0.39 is 22.6 Å². The predicted octanol–water partition coefficient (Wildman–Crippen LogP) is 1.03. The lowest BCUT2D eigenvalue weighted by Crippen LogP contribution is -2.34. The van der Waals surface area contributed by atoms with Crippen LogP contribution in [0.25, 0.3) is 22.6 Å². The van der Waals surface area contributed by atoms with Crippen LogP contribution >= 0.6 is 0 Å². The zero-order valence-corrected chi connectivity index (χ0v) is 20.4. The Bertz CT molecular complexity index is 1370. The number of aromatic nitrogens is 1. The van der Waals surface area contributed by atoms with Gasteiger partial charge >= 0.3 is 5.97 Å². The van der Waals surface area contributed by atoms with E-state index in [2.05, 4.69) is 10.3 Å². The van der Waals surface area contributed by atoms with Crippen molar-refractivity contribution < 1.29 is 32.1 Å². The van der Waals surface area contributed by atoms with Gasteiger partial charge in [0.2, 0.25) is 11.3 Å². The molecule has 0 saturated carbocycles. The molecule has 1 aromatic carbocycles. The summed E-state index contributed by atoms with van der Waals surface area (Å²) in [5.41, 5.74) is 2.76. The predicted molar refractivity (Wildman–Crippen MR) is 131 cm³/mol. The number of aliphatic carboxylic acids is 1. The smallest absolute Gasteiger partial charge is 0.322 e. The highest BCUT2D eigenvalue weighted by Gasteiger charge is 2.14. The van der Waals surface area contributed by atoms with Gasteiger partial charge in [-0.1, -0.05) is 0 Å². The molecule has 0 radical (unpaired) electrons. The van der Waals surface area contributed by atoms with Gasteiger partial charge in [-0.2, -0.15) is 8.42 Å². The van der Waals surface area contributed by atoms with Crippen molar-refractivity contribution in [2.75, 3.05) is 43.9 Å². The molecule has 0 saturated heterocycles. The topological polar surface area (TPSA) is 153 Å². The zero-order valence-electron chi connectivity index (χ0n) is 19.6. The average Bonchev–Trinajstić information content (AvgIpc) is 2.81. The third-order valence-corrected chi connectivity index (χ3v) is 6.28. The number of carboxylic acid groups (broad SMARTS) is 1. The Balaban J connectivity index is 1.83. The van der Waals surface area contributed by atoms with Crippen molar-refractivity contribution in [1.82, 2.24) is 14.9 Å². The fourth-order valence-electron chi connectivity index (χ4n) is 3.60. The van der Waals surface area contributed by atoms with Crippen LogP contribution in [0, 0.1) is 0 Å². The molecule has 11 nitrogen and oxygen atoms in total. The highest BCUT2D eigenvalue weighted by molar-refractivity contribution is 7.85. The maximum absolute atomic E-state index is 11.8. The van der Waals surface area contributed by atoms with Crippen LogP contribution in [0.2, 0.25) is 0 Å². The molecule has 0 spiro atoms. The molecule has 1 aliphatic carbocycles. The molecular formula is C23H29N4O7S+. The van der Waals surface area contributed by atoms with Crippen LogP contribution in [0.15, 0.2) is 40.8 Å². The summed E-state index contributed by atoms with van der Waals surface area (Å²) in [5, 5.41) is 11.8. The lowest BCUT2D eigenvalue weighted by atomic mass is 10.2. The maximum Gasteiger partial charge on any atom is 0.322 e. The Labute approximate surface area is 202 Å². The van der Waals surface area contributed by atoms with E-state index in [1.54, 1.807) is 0 Å². The molecule has 12 heteroatoms. The third-order valence-electron chi connectivity index (χ3n) is 5.48. The molecule has 35 heavy (non-hydrogen) atoms.